The molecule has 1 amide bonds. The fraction of sp³-hybridized carbons (Fsp3) is 0.421. The highest BCUT2D eigenvalue weighted by molar-refractivity contribution is 5.91. The van der Waals surface area contributed by atoms with Crippen molar-refractivity contribution in [2.24, 2.45) is 0 Å². The van der Waals surface area contributed by atoms with Crippen LogP contribution in [0.4, 0.5) is 0 Å². The Morgan fingerprint density at radius 3 is 2.52 bits per heavy atom. The number of nitrogens with zero attached hydrogens (tertiary/aromatic N) is 7. The first kappa shape index (κ1) is 19.1. The Kier molecular flexibility index (Phi) is 5.26. The number of hydrogen-bond donors (Lipinski definition) is 0. The maximum absolute atomic E-state index is 12.3. The van der Waals surface area contributed by atoms with Crippen LogP contribution in [0.2, 0.25) is 0 Å². The molecular formula is C19H23N7O3. The normalized spacial score (nSPS) is 15.0. The highest BCUT2D eigenvalue weighted by atomic mass is 16.5. The highest BCUT2D eigenvalue weighted by Gasteiger charge is 2.24. The molecule has 0 radical (unpaired) electrons. The summed E-state index contributed by atoms with van der Waals surface area (Å²) in [6.07, 6.45) is 1.47. The number of piperazine rings is 1. The number of aryl methyl sites for hydroxylation is 2. The first-order valence-electron chi connectivity index (χ1n) is 9.55. The van der Waals surface area contributed by atoms with E-state index in [9.17, 15) is 9.59 Å². The molecular weight excluding hydrogens is 374 g/mol. The number of hydrogen-bond acceptors (Lipinski definition) is 7. The number of rotatable bonds is 5. The van der Waals surface area contributed by atoms with Crippen molar-refractivity contribution in [1.29, 1.82) is 0 Å². The summed E-state index contributed by atoms with van der Waals surface area (Å²) in [4.78, 5) is 28.5. The van der Waals surface area contributed by atoms with Crippen molar-refractivity contribution in [1.82, 2.24) is 34.5 Å². The third-order valence-electron chi connectivity index (χ3n) is 5.02. The molecule has 0 saturated carbocycles. The van der Waals surface area contributed by atoms with Crippen LogP contribution in [-0.2, 0) is 6.54 Å². The lowest BCUT2D eigenvalue weighted by atomic mass is 10.3. The Balaban J connectivity index is 1.36. The molecule has 1 fully saturated rings. The monoisotopic (exact) mass is 397 g/mol. The Morgan fingerprint density at radius 1 is 1.07 bits per heavy atom. The molecule has 0 unspecified atom stereocenters. The average molecular weight is 397 g/mol. The van der Waals surface area contributed by atoms with Gasteiger partial charge in [0.25, 0.3) is 11.5 Å². The minimum Gasteiger partial charge on any atom is -0.351 e. The van der Waals surface area contributed by atoms with Crippen LogP contribution in [0.15, 0.2) is 39.8 Å². The molecule has 29 heavy (non-hydrogen) atoms. The van der Waals surface area contributed by atoms with Gasteiger partial charge < -0.3 is 9.42 Å². The molecule has 1 saturated heterocycles. The van der Waals surface area contributed by atoms with Gasteiger partial charge in [-0.2, -0.15) is 5.10 Å². The van der Waals surface area contributed by atoms with Crippen molar-refractivity contribution < 1.29 is 9.32 Å². The lowest BCUT2D eigenvalue weighted by Crippen LogP contribution is -2.49. The van der Waals surface area contributed by atoms with Gasteiger partial charge in [-0.1, -0.05) is 5.16 Å². The van der Waals surface area contributed by atoms with Crippen molar-refractivity contribution in [3.8, 4) is 5.82 Å². The Morgan fingerprint density at radius 2 is 1.86 bits per heavy atom. The van der Waals surface area contributed by atoms with Gasteiger partial charge in [-0.3, -0.25) is 14.5 Å². The fourth-order valence-electron chi connectivity index (χ4n) is 3.46. The zero-order chi connectivity index (χ0) is 20.4. The SMILES string of the molecule is Cc1cc(C)n(-c2ccc(=O)n(CCN3CCN(C(=O)c4ccno4)CC3)n2)n1. The minimum atomic E-state index is -0.144. The summed E-state index contributed by atoms with van der Waals surface area (Å²) in [6.45, 7) is 7.70. The van der Waals surface area contributed by atoms with E-state index in [-0.39, 0.29) is 17.2 Å². The van der Waals surface area contributed by atoms with Gasteiger partial charge in [0.15, 0.2) is 5.82 Å². The maximum Gasteiger partial charge on any atom is 0.292 e. The lowest BCUT2D eigenvalue weighted by Gasteiger charge is -2.34. The van der Waals surface area contributed by atoms with Gasteiger partial charge in [0.05, 0.1) is 18.4 Å². The predicted molar refractivity (Wildman–Crippen MR) is 104 cm³/mol. The molecule has 0 aliphatic carbocycles. The molecule has 1 aliphatic heterocycles. The van der Waals surface area contributed by atoms with Crippen LogP contribution in [0.25, 0.3) is 5.82 Å². The number of amides is 1. The first-order chi connectivity index (χ1) is 14.0. The molecule has 0 aromatic carbocycles. The molecule has 1 aliphatic rings. The third kappa shape index (κ3) is 4.11. The van der Waals surface area contributed by atoms with Crippen molar-refractivity contribution in [3.05, 3.63) is 58.0 Å². The summed E-state index contributed by atoms with van der Waals surface area (Å²) in [5.41, 5.74) is 1.72. The largest absolute Gasteiger partial charge is 0.351 e. The molecule has 0 spiro atoms. The van der Waals surface area contributed by atoms with E-state index in [1.807, 2.05) is 19.9 Å². The van der Waals surface area contributed by atoms with E-state index in [2.05, 4.69) is 20.3 Å². The molecule has 3 aromatic rings. The second kappa shape index (κ2) is 8.00. The second-order valence-electron chi connectivity index (χ2n) is 7.10. The molecule has 0 atom stereocenters. The summed E-state index contributed by atoms with van der Waals surface area (Å²) in [6, 6.07) is 6.75. The van der Waals surface area contributed by atoms with Crippen molar-refractivity contribution in [2.45, 2.75) is 20.4 Å². The zero-order valence-corrected chi connectivity index (χ0v) is 16.5. The first-order valence-corrected chi connectivity index (χ1v) is 9.55. The van der Waals surface area contributed by atoms with E-state index < -0.39 is 0 Å². The van der Waals surface area contributed by atoms with Gasteiger partial charge in [0.1, 0.15) is 0 Å². The Hall–Kier alpha value is -3.27. The fourth-order valence-corrected chi connectivity index (χ4v) is 3.46. The maximum atomic E-state index is 12.3. The second-order valence-corrected chi connectivity index (χ2v) is 7.10. The zero-order valence-electron chi connectivity index (χ0n) is 16.5. The van der Waals surface area contributed by atoms with Crippen molar-refractivity contribution >= 4 is 5.91 Å². The van der Waals surface area contributed by atoms with Crippen LogP contribution >= 0.6 is 0 Å². The molecule has 4 heterocycles. The van der Waals surface area contributed by atoms with Crippen LogP contribution in [0.1, 0.15) is 21.9 Å². The lowest BCUT2D eigenvalue weighted by molar-refractivity contribution is 0.0591. The quantitative estimate of drug-likeness (QED) is 0.617. The summed E-state index contributed by atoms with van der Waals surface area (Å²) < 4.78 is 8.15. The van der Waals surface area contributed by atoms with Crippen molar-refractivity contribution in [2.75, 3.05) is 32.7 Å². The van der Waals surface area contributed by atoms with E-state index in [1.54, 1.807) is 21.7 Å². The van der Waals surface area contributed by atoms with E-state index in [1.165, 1.54) is 16.9 Å². The smallest absolute Gasteiger partial charge is 0.292 e. The van der Waals surface area contributed by atoms with E-state index in [0.717, 1.165) is 24.5 Å². The summed E-state index contributed by atoms with van der Waals surface area (Å²) in [7, 11) is 0. The van der Waals surface area contributed by atoms with E-state index in [0.29, 0.717) is 32.0 Å². The standard InChI is InChI=1S/C19H23N7O3/c1-14-13-15(2)26(21-14)17-3-4-18(27)25(22-17)12-9-23-7-10-24(11-8-23)19(28)16-5-6-20-29-16/h3-6,13H,7-12H2,1-2H3. The molecule has 10 heteroatoms. The molecule has 0 bridgehead atoms. The predicted octanol–water partition coefficient (Wildman–Crippen LogP) is 0.492. The Bertz CT molecular complexity index is 1050. The average Bonchev–Trinajstić information content (AvgIpc) is 3.37. The van der Waals surface area contributed by atoms with Gasteiger partial charge in [-0.05, 0) is 26.0 Å². The van der Waals surface area contributed by atoms with E-state index in [4.69, 9.17) is 4.52 Å². The van der Waals surface area contributed by atoms with Crippen molar-refractivity contribution in [3.63, 3.8) is 0 Å². The number of carbonyl (C=O) groups is 1. The van der Waals surface area contributed by atoms with Crippen LogP contribution in [0, 0.1) is 13.8 Å². The molecule has 0 N–H and O–H groups in total. The molecule has 152 valence electrons. The van der Waals surface area contributed by atoms with Crippen LogP contribution < -0.4 is 5.56 Å². The summed E-state index contributed by atoms with van der Waals surface area (Å²) >= 11 is 0. The van der Waals surface area contributed by atoms with Crippen LogP contribution in [0.5, 0.6) is 0 Å². The van der Waals surface area contributed by atoms with Gasteiger partial charge in [0, 0.05) is 50.6 Å². The van der Waals surface area contributed by atoms with Gasteiger partial charge in [-0.15, -0.1) is 5.10 Å². The Labute approximate surface area is 167 Å². The number of aromatic nitrogens is 5. The number of carbonyl (C=O) groups excluding carboxylic acids is 1. The third-order valence-corrected chi connectivity index (χ3v) is 5.02. The van der Waals surface area contributed by atoms with Crippen LogP contribution in [0.3, 0.4) is 0 Å². The highest BCUT2D eigenvalue weighted by Crippen LogP contribution is 2.09. The summed E-state index contributed by atoms with van der Waals surface area (Å²) in [5.74, 6) is 0.741. The van der Waals surface area contributed by atoms with E-state index >= 15 is 0 Å². The molecule has 10 nitrogen and oxygen atoms in total. The molecule has 4 rings (SSSR count). The molecule has 3 aromatic heterocycles. The summed E-state index contributed by atoms with van der Waals surface area (Å²) in [5, 5.41) is 12.5. The van der Waals surface area contributed by atoms with Gasteiger partial charge >= 0.3 is 0 Å². The minimum absolute atomic E-state index is 0.141. The van der Waals surface area contributed by atoms with Gasteiger partial charge in [0.2, 0.25) is 5.76 Å². The topological polar surface area (TPSA) is 102 Å². The van der Waals surface area contributed by atoms with Gasteiger partial charge in [-0.25, -0.2) is 9.36 Å². The van der Waals surface area contributed by atoms with Crippen LogP contribution in [-0.4, -0.2) is 73.1 Å².